The lowest BCUT2D eigenvalue weighted by atomic mass is 9.98. The van der Waals surface area contributed by atoms with Crippen LogP contribution in [0.15, 0.2) is 12.1 Å². The predicted molar refractivity (Wildman–Crippen MR) is 82.5 cm³/mol. The van der Waals surface area contributed by atoms with Gasteiger partial charge in [0.25, 0.3) is 0 Å². The van der Waals surface area contributed by atoms with Gasteiger partial charge in [-0.15, -0.1) is 0 Å². The average Bonchev–Trinajstić information content (AvgIpc) is 3.33. The van der Waals surface area contributed by atoms with E-state index in [1.807, 2.05) is 6.92 Å². The average molecular weight is 290 g/mol. The monoisotopic (exact) mass is 290 g/mol. The molecule has 3 rings (SSSR count). The van der Waals surface area contributed by atoms with Crippen molar-refractivity contribution >= 4 is 17.3 Å². The molecule has 2 aliphatic rings. The Hall–Kier alpha value is -1.85. The fraction of sp³-hybridized carbons (Fsp3) is 0.667. The molecule has 2 N–H and O–H groups in total. The van der Waals surface area contributed by atoms with Crippen LogP contribution in [-0.4, -0.2) is 23.0 Å². The molecule has 1 heterocycles. The third-order valence-electron chi connectivity index (χ3n) is 4.39. The second-order valence-electron chi connectivity index (χ2n) is 6.07. The summed E-state index contributed by atoms with van der Waals surface area (Å²) in [4.78, 5) is 15.1. The summed E-state index contributed by atoms with van der Waals surface area (Å²) in [5.41, 5.74) is 0.0574. The van der Waals surface area contributed by atoms with Gasteiger partial charge in [0.05, 0.1) is 4.92 Å². The Bertz CT molecular complexity index is 514. The normalized spacial score (nSPS) is 17.8. The summed E-state index contributed by atoms with van der Waals surface area (Å²) in [5.74, 6) is 3.38. The van der Waals surface area contributed by atoms with Crippen molar-refractivity contribution < 1.29 is 4.92 Å². The molecule has 1 aromatic rings. The van der Waals surface area contributed by atoms with Gasteiger partial charge in [-0.3, -0.25) is 10.1 Å². The van der Waals surface area contributed by atoms with E-state index < -0.39 is 0 Å². The molecule has 0 bridgehead atoms. The molecule has 0 spiro atoms. The first kappa shape index (κ1) is 14.1. The number of hydrogen-bond acceptors (Lipinski definition) is 5. The third kappa shape index (κ3) is 3.43. The SMILES string of the molecule is CCNc1ccc([N+](=O)[O-])c(NCC(C2CC2)C2CC2)n1. The van der Waals surface area contributed by atoms with Gasteiger partial charge in [0.1, 0.15) is 5.82 Å². The molecule has 0 radical (unpaired) electrons. The van der Waals surface area contributed by atoms with Crippen LogP contribution in [0.4, 0.5) is 17.3 Å². The van der Waals surface area contributed by atoms with E-state index in [2.05, 4.69) is 15.6 Å². The zero-order valence-corrected chi connectivity index (χ0v) is 12.3. The highest BCUT2D eigenvalue weighted by Crippen LogP contribution is 2.49. The van der Waals surface area contributed by atoms with Gasteiger partial charge >= 0.3 is 5.69 Å². The van der Waals surface area contributed by atoms with Crippen LogP contribution in [0.2, 0.25) is 0 Å². The first-order valence-electron chi connectivity index (χ1n) is 7.82. The quantitative estimate of drug-likeness (QED) is 0.567. The van der Waals surface area contributed by atoms with Crippen molar-refractivity contribution in [2.24, 2.45) is 17.8 Å². The standard InChI is InChI=1S/C15H22N4O2/c1-2-16-14-8-7-13(19(20)21)15(18-14)17-9-12(10-3-4-10)11-5-6-11/h7-8,10-12H,2-6,9H2,1H3,(H2,16,17,18). The van der Waals surface area contributed by atoms with Crippen LogP contribution < -0.4 is 10.6 Å². The molecule has 2 saturated carbocycles. The number of hydrogen-bond donors (Lipinski definition) is 2. The molecule has 0 saturated heterocycles. The number of nitro groups is 1. The summed E-state index contributed by atoms with van der Waals surface area (Å²) >= 11 is 0. The van der Waals surface area contributed by atoms with Crippen LogP contribution in [0.5, 0.6) is 0 Å². The Morgan fingerprint density at radius 3 is 2.48 bits per heavy atom. The van der Waals surface area contributed by atoms with E-state index in [1.54, 1.807) is 6.07 Å². The second kappa shape index (κ2) is 5.87. The molecule has 0 aliphatic heterocycles. The molecule has 2 aliphatic carbocycles. The van der Waals surface area contributed by atoms with Crippen molar-refractivity contribution in [3.05, 3.63) is 22.2 Å². The highest BCUT2D eigenvalue weighted by molar-refractivity contribution is 5.60. The van der Waals surface area contributed by atoms with Crippen LogP contribution in [0, 0.1) is 27.9 Å². The van der Waals surface area contributed by atoms with E-state index in [9.17, 15) is 10.1 Å². The van der Waals surface area contributed by atoms with Crippen molar-refractivity contribution in [3.63, 3.8) is 0 Å². The molecular weight excluding hydrogens is 268 g/mol. The van der Waals surface area contributed by atoms with Crippen molar-refractivity contribution in [2.45, 2.75) is 32.6 Å². The van der Waals surface area contributed by atoms with Crippen LogP contribution in [0.3, 0.4) is 0 Å². The molecule has 0 aromatic carbocycles. The molecule has 0 amide bonds. The maximum absolute atomic E-state index is 11.1. The third-order valence-corrected chi connectivity index (χ3v) is 4.39. The fourth-order valence-electron chi connectivity index (χ4n) is 2.99. The topological polar surface area (TPSA) is 80.1 Å². The van der Waals surface area contributed by atoms with Crippen molar-refractivity contribution in [3.8, 4) is 0 Å². The van der Waals surface area contributed by atoms with E-state index in [0.29, 0.717) is 17.6 Å². The second-order valence-corrected chi connectivity index (χ2v) is 6.07. The Morgan fingerprint density at radius 2 is 1.95 bits per heavy atom. The summed E-state index contributed by atoms with van der Waals surface area (Å²) < 4.78 is 0. The molecule has 6 heteroatoms. The zero-order chi connectivity index (χ0) is 14.8. The summed E-state index contributed by atoms with van der Waals surface area (Å²) in [7, 11) is 0. The van der Waals surface area contributed by atoms with Crippen LogP contribution >= 0.6 is 0 Å². The first-order chi connectivity index (χ1) is 10.2. The van der Waals surface area contributed by atoms with Gasteiger partial charge in [0.15, 0.2) is 0 Å². The molecule has 114 valence electrons. The number of rotatable bonds is 8. The molecule has 1 aromatic heterocycles. The van der Waals surface area contributed by atoms with E-state index in [-0.39, 0.29) is 10.6 Å². The van der Waals surface area contributed by atoms with Crippen molar-refractivity contribution in [1.82, 2.24) is 4.98 Å². The molecule has 0 atom stereocenters. The Morgan fingerprint density at radius 1 is 1.29 bits per heavy atom. The number of nitrogens with one attached hydrogen (secondary N) is 2. The number of pyridine rings is 1. The van der Waals surface area contributed by atoms with Crippen molar-refractivity contribution in [2.75, 3.05) is 23.7 Å². The van der Waals surface area contributed by atoms with Gasteiger partial charge in [-0.25, -0.2) is 4.98 Å². The predicted octanol–water partition coefficient (Wildman–Crippen LogP) is 3.27. The summed E-state index contributed by atoms with van der Waals surface area (Å²) in [6, 6.07) is 3.18. The van der Waals surface area contributed by atoms with E-state index in [0.717, 1.165) is 24.9 Å². The number of anilines is 2. The highest BCUT2D eigenvalue weighted by Gasteiger charge is 2.41. The maximum atomic E-state index is 11.1. The first-order valence-corrected chi connectivity index (χ1v) is 7.82. The lowest BCUT2D eigenvalue weighted by molar-refractivity contribution is -0.384. The summed E-state index contributed by atoms with van der Waals surface area (Å²) in [5, 5.41) is 17.5. The van der Waals surface area contributed by atoms with Gasteiger partial charge in [-0.05, 0) is 56.4 Å². The van der Waals surface area contributed by atoms with E-state index >= 15 is 0 Å². The Kier molecular flexibility index (Phi) is 3.94. The fourth-order valence-corrected chi connectivity index (χ4v) is 2.99. The Labute approximate surface area is 124 Å². The molecule has 0 unspecified atom stereocenters. The van der Waals surface area contributed by atoms with E-state index in [1.165, 1.54) is 31.7 Å². The minimum atomic E-state index is -0.367. The van der Waals surface area contributed by atoms with Crippen molar-refractivity contribution in [1.29, 1.82) is 0 Å². The van der Waals surface area contributed by atoms with Gasteiger partial charge in [0.2, 0.25) is 5.82 Å². The van der Waals surface area contributed by atoms with E-state index in [4.69, 9.17) is 0 Å². The molecule has 2 fully saturated rings. The molecular formula is C15H22N4O2. The largest absolute Gasteiger partial charge is 0.370 e. The minimum Gasteiger partial charge on any atom is -0.370 e. The summed E-state index contributed by atoms with van der Waals surface area (Å²) in [6.07, 6.45) is 5.26. The summed E-state index contributed by atoms with van der Waals surface area (Å²) in [6.45, 7) is 3.53. The minimum absolute atomic E-state index is 0.0574. The lowest BCUT2D eigenvalue weighted by Crippen LogP contribution is -2.19. The number of aromatic nitrogens is 1. The lowest BCUT2D eigenvalue weighted by Gasteiger charge is -2.17. The van der Waals surface area contributed by atoms with Crippen LogP contribution in [-0.2, 0) is 0 Å². The van der Waals surface area contributed by atoms with Gasteiger partial charge in [-0.2, -0.15) is 0 Å². The van der Waals surface area contributed by atoms with Crippen LogP contribution in [0.1, 0.15) is 32.6 Å². The zero-order valence-electron chi connectivity index (χ0n) is 12.3. The van der Waals surface area contributed by atoms with Crippen LogP contribution in [0.25, 0.3) is 0 Å². The smallest absolute Gasteiger partial charge is 0.311 e. The van der Waals surface area contributed by atoms with Gasteiger partial charge in [-0.1, -0.05) is 0 Å². The highest BCUT2D eigenvalue weighted by atomic mass is 16.6. The molecule has 6 nitrogen and oxygen atoms in total. The molecule has 21 heavy (non-hydrogen) atoms. The Balaban J connectivity index is 1.72. The number of nitrogens with zero attached hydrogens (tertiary/aromatic N) is 2. The van der Waals surface area contributed by atoms with Gasteiger partial charge < -0.3 is 10.6 Å². The van der Waals surface area contributed by atoms with Gasteiger partial charge in [0, 0.05) is 19.2 Å². The maximum Gasteiger partial charge on any atom is 0.311 e.